The number of nitrogens with zero attached hydrogens (tertiary/aromatic N) is 2. The molecule has 0 saturated heterocycles. The molecule has 7 nitrogen and oxygen atoms in total. The first-order valence-electron chi connectivity index (χ1n) is 11.1. The molecular formula is C25H30N2O5S. The fourth-order valence-electron chi connectivity index (χ4n) is 3.37. The zero-order valence-corrected chi connectivity index (χ0v) is 20.0. The highest BCUT2D eigenvalue weighted by Gasteiger charge is 2.21. The van der Waals surface area contributed by atoms with Gasteiger partial charge in [-0.2, -0.15) is 5.10 Å². The standard InChI is InChI=1S/C25H30N2O5S/c1-4-10-32-22-11-19(13-25(28)29)12-24(15-22)33(30,31)23-7-5-6-20(14-23)21-16-26-27(17-21)9-8-18(2)3/h5-7,11-12,14-18H,4,8-10,13H2,1-3H3,(H,28,29). The summed E-state index contributed by atoms with van der Waals surface area (Å²) in [5.74, 6) is -0.131. The van der Waals surface area contributed by atoms with Crippen molar-refractivity contribution in [2.45, 2.75) is 56.4 Å². The summed E-state index contributed by atoms with van der Waals surface area (Å²) in [5.41, 5.74) is 1.95. The Bertz CT molecular complexity index is 1220. The first kappa shape index (κ1) is 24.5. The summed E-state index contributed by atoms with van der Waals surface area (Å²) in [6.45, 7) is 7.46. The molecule has 0 aliphatic rings. The number of carbonyl (C=O) groups is 1. The second-order valence-electron chi connectivity index (χ2n) is 8.44. The number of hydrogen-bond donors (Lipinski definition) is 1. The van der Waals surface area contributed by atoms with Crippen LogP contribution in [-0.4, -0.2) is 35.9 Å². The molecule has 33 heavy (non-hydrogen) atoms. The van der Waals surface area contributed by atoms with Gasteiger partial charge in [-0.05, 0) is 60.2 Å². The Morgan fingerprint density at radius 3 is 2.61 bits per heavy atom. The maximum atomic E-state index is 13.4. The Labute approximate surface area is 194 Å². The van der Waals surface area contributed by atoms with Gasteiger partial charge in [0.2, 0.25) is 9.84 Å². The average Bonchev–Trinajstić information content (AvgIpc) is 3.25. The highest BCUT2D eigenvalue weighted by atomic mass is 32.2. The molecule has 0 atom stereocenters. The zero-order chi connectivity index (χ0) is 24.0. The van der Waals surface area contributed by atoms with E-state index in [4.69, 9.17) is 4.74 Å². The second kappa shape index (κ2) is 10.7. The molecule has 0 fully saturated rings. The highest BCUT2D eigenvalue weighted by Crippen LogP contribution is 2.29. The number of aliphatic carboxylic acids is 1. The molecule has 1 heterocycles. The van der Waals surface area contributed by atoms with Crippen LogP contribution in [0.2, 0.25) is 0 Å². The lowest BCUT2D eigenvalue weighted by atomic mass is 10.1. The van der Waals surface area contributed by atoms with Crippen molar-refractivity contribution < 1.29 is 23.1 Å². The van der Waals surface area contributed by atoms with E-state index in [1.807, 2.05) is 23.9 Å². The van der Waals surface area contributed by atoms with Crippen molar-refractivity contribution in [1.29, 1.82) is 0 Å². The van der Waals surface area contributed by atoms with Crippen LogP contribution in [0.4, 0.5) is 0 Å². The molecule has 0 amide bonds. The molecule has 0 bridgehead atoms. The minimum Gasteiger partial charge on any atom is -0.494 e. The van der Waals surface area contributed by atoms with E-state index in [2.05, 4.69) is 18.9 Å². The number of aryl methyl sites for hydroxylation is 1. The number of hydrogen-bond acceptors (Lipinski definition) is 5. The molecule has 0 aliphatic carbocycles. The average molecular weight is 471 g/mol. The predicted molar refractivity (Wildman–Crippen MR) is 126 cm³/mol. The maximum Gasteiger partial charge on any atom is 0.307 e. The van der Waals surface area contributed by atoms with Gasteiger partial charge in [-0.1, -0.05) is 32.9 Å². The third kappa shape index (κ3) is 6.44. The number of carboxylic acid groups (broad SMARTS) is 1. The van der Waals surface area contributed by atoms with Gasteiger partial charge < -0.3 is 9.84 Å². The van der Waals surface area contributed by atoms with E-state index in [-0.39, 0.29) is 16.2 Å². The lowest BCUT2D eigenvalue weighted by molar-refractivity contribution is -0.136. The van der Waals surface area contributed by atoms with Gasteiger partial charge in [0.05, 0.1) is 29.0 Å². The SMILES string of the molecule is CCCOc1cc(CC(=O)O)cc(S(=O)(=O)c2cccc(-c3cnn(CCC(C)C)c3)c2)c1. The van der Waals surface area contributed by atoms with Gasteiger partial charge in [0, 0.05) is 18.3 Å². The molecule has 0 unspecified atom stereocenters. The van der Waals surface area contributed by atoms with Gasteiger partial charge in [0.1, 0.15) is 5.75 Å². The fourth-order valence-corrected chi connectivity index (χ4v) is 4.76. The van der Waals surface area contributed by atoms with Gasteiger partial charge in [0.25, 0.3) is 0 Å². The van der Waals surface area contributed by atoms with Gasteiger partial charge in [-0.15, -0.1) is 0 Å². The Hall–Kier alpha value is -3.13. The Kier molecular flexibility index (Phi) is 7.92. The summed E-state index contributed by atoms with van der Waals surface area (Å²) in [6, 6.07) is 11.1. The number of carboxylic acids is 1. The maximum absolute atomic E-state index is 13.4. The van der Waals surface area contributed by atoms with Crippen LogP contribution in [0.5, 0.6) is 5.75 Å². The van der Waals surface area contributed by atoms with Crippen LogP contribution in [0.1, 0.15) is 39.2 Å². The lowest BCUT2D eigenvalue weighted by Crippen LogP contribution is -2.07. The summed E-state index contributed by atoms with van der Waals surface area (Å²) < 4.78 is 34.4. The van der Waals surface area contributed by atoms with Gasteiger partial charge in [0.15, 0.2) is 0 Å². The first-order valence-corrected chi connectivity index (χ1v) is 12.5. The topological polar surface area (TPSA) is 98.5 Å². The smallest absolute Gasteiger partial charge is 0.307 e. The van der Waals surface area contributed by atoms with Crippen molar-refractivity contribution in [2.75, 3.05) is 6.61 Å². The molecule has 3 rings (SSSR count). The summed E-state index contributed by atoms with van der Waals surface area (Å²) >= 11 is 0. The van der Waals surface area contributed by atoms with Crippen molar-refractivity contribution >= 4 is 15.8 Å². The first-order chi connectivity index (χ1) is 15.7. The number of aromatic nitrogens is 2. The van der Waals surface area contributed by atoms with Crippen molar-refractivity contribution in [3.63, 3.8) is 0 Å². The van der Waals surface area contributed by atoms with Crippen LogP contribution in [0.3, 0.4) is 0 Å². The fraction of sp³-hybridized carbons (Fsp3) is 0.360. The van der Waals surface area contributed by atoms with Crippen LogP contribution in [0.15, 0.2) is 64.6 Å². The Balaban J connectivity index is 1.95. The summed E-state index contributed by atoms with van der Waals surface area (Å²) in [4.78, 5) is 11.4. The van der Waals surface area contributed by atoms with Crippen LogP contribution >= 0.6 is 0 Å². The largest absolute Gasteiger partial charge is 0.494 e. The quantitative estimate of drug-likeness (QED) is 0.430. The third-order valence-electron chi connectivity index (χ3n) is 5.12. The van der Waals surface area contributed by atoms with Crippen molar-refractivity contribution in [3.05, 3.63) is 60.4 Å². The molecule has 1 aromatic heterocycles. The van der Waals surface area contributed by atoms with E-state index in [0.717, 1.165) is 30.5 Å². The third-order valence-corrected chi connectivity index (χ3v) is 6.86. The van der Waals surface area contributed by atoms with Crippen molar-refractivity contribution in [1.82, 2.24) is 9.78 Å². The monoisotopic (exact) mass is 470 g/mol. The van der Waals surface area contributed by atoms with Crippen LogP contribution in [0.25, 0.3) is 11.1 Å². The van der Waals surface area contributed by atoms with Crippen LogP contribution in [0, 0.1) is 5.92 Å². The number of rotatable bonds is 11. The summed E-state index contributed by atoms with van der Waals surface area (Å²) in [6.07, 6.45) is 5.11. The van der Waals surface area contributed by atoms with Crippen LogP contribution < -0.4 is 4.74 Å². The van der Waals surface area contributed by atoms with Gasteiger partial charge in [-0.3, -0.25) is 9.48 Å². The predicted octanol–water partition coefficient (Wildman–Crippen LogP) is 4.84. The second-order valence-corrected chi connectivity index (χ2v) is 10.4. The zero-order valence-electron chi connectivity index (χ0n) is 19.2. The van der Waals surface area contributed by atoms with E-state index in [9.17, 15) is 18.3 Å². The van der Waals surface area contributed by atoms with Crippen molar-refractivity contribution in [2.24, 2.45) is 5.92 Å². The molecule has 0 spiro atoms. The molecule has 0 saturated carbocycles. The molecule has 3 aromatic rings. The minimum atomic E-state index is -3.89. The molecule has 0 radical (unpaired) electrons. The minimum absolute atomic E-state index is 0.0112. The molecule has 176 valence electrons. The van der Waals surface area contributed by atoms with Crippen molar-refractivity contribution in [3.8, 4) is 16.9 Å². The van der Waals surface area contributed by atoms with Gasteiger partial charge in [-0.25, -0.2) is 8.42 Å². The van der Waals surface area contributed by atoms with Crippen LogP contribution in [-0.2, 0) is 27.6 Å². The number of ether oxygens (including phenoxy) is 1. The van der Waals surface area contributed by atoms with E-state index in [0.29, 0.717) is 23.8 Å². The lowest BCUT2D eigenvalue weighted by Gasteiger charge is -2.12. The summed E-state index contributed by atoms with van der Waals surface area (Å²) in [5, 5.41) is 13.6. The van der Waals surface area contributed by atoms with E-state index in [1.165, 1.54) is 12.1 Å². The number of benzene rings is 2. The summed E-state index contributed by atoms with van der Waals surface area (Å²) in [7, 11) is -3.89. The highest BCUT2D eigenvalue weighted by molar-refractivity contribution is 7.91. The molecule has 2 aromatic carbocycles. The normalized spacial score (nSPS) is 11.6. The molecule has 8 heteroatoms. The van der Waals surface area contributed by atoms with E-state index < -0.39 is 15.8 Å². The molecule has 0 aliphatic heterocycles. The Morgan fingerprint density at radius 1 is 1.12 bits per heavy atom. The number of sulfone groups is 1. The molecular weight excluding hydrogens is 440 g/mol. The Morgan fingerprint density at radius 2 is 1.91 bits per heavy atom. The van der Waals surface area contributed by atoms with E-state index >= 15 is 0 Å². The molecule has 1 N–H and O–H groups in total. The van der Waals surface area contributed by atoms with Gasteiger partial charge >= 0.3 is 5.97 Å². The van der Waals surface area contributed by atoms with E-state index in [1.54, 1.807) is 30.5 Å².